The summed E-state index contributed by atoms with van der Waals surface area (Å²) in [6.07, 6.45) is 1.80. The molecule has 3 aromatic rings. The minimum Gasteiger partial charge on any atom is -0.504 e. The Morgan fingerprint density at radius 3 is 2.81 bits per heavy atom. The first kappa shape index (κ1) is 17.5. The van der Waals surface area contributed by atoms with E-state index in [-0.39, 0.29) is 42.4 Å². The molecule has 1 aromatic heterocycles. The highest BCUT2D eigenvalue weighted by Gasteiger charge is 2.14. The van der Waals surface area contributed by atoms with E-state index >= 15 is 0 Å². The molecule has 0 saturated carbocycles. The van der Waals surface area contributed by atoms with E-state index in [0.29, 0.717) is 5.39 Å². The zero-order valence-corrected chi connectivity index (χ0v) is 14.2. The summed E-state index contributed by atoms with van der Waals surface area (Å²) in [5.41, 5.74) is -0.208. The summed E-state index contributed by atoms with van der Waals surface area (Å²) >= 11 is 0. The fraction of sp³-hybridized carbons (Fsp3) is 0.211. The Balaban J connectivity index is 1.75. The molecule has 1 N–H and O–H groups in total. The molecule has 0 radical (unpaired) electrons. The van der Waals surface area contributed by atoms with Crippen LogP contribution in [0.3, 0.4) is 0 Å². The summed E-state index contributed by atoms with van der Waals surface area (Å²) in [5, 5.41) is 15.4. The minimum atomic E-state index is -0.483. The van der Waals surface area contributed by atoms with Gasteiger partial charge in [-0.05, 0) is 18.2 Å². The van der Waals surface area contributed by atoms with Gasteiger partial charge in [0.05, 0.1) is 18.1 Å². The average Bonchev–Trinajstić information content (AvgIpc) is 2.66. The van der Waals surface area contributed by atoms with Crippen LogP contribution in [0.1, 0.15) is 13.3 Å². The summed E-state index contributed by atoms with van der Waals surface area (Å²) in [7, 11) is 0. The second kappa shape index (κ2) is 7.69. The summed E-state index contributed by atoms with van der Waals surface area (Å²) < 4.78 is 12.0. The number of nitrogens with zero attached hydrogens (tertiary/aromatic N) is 2. The van der Waals surface area contributed by atoms with Gasteiger partial charge in [0.1, 0.15) is 6.61 Å². The summed E-state index contributed by atoms with van der Waals surface area (Å²) in [6, 6.07) is 11.8. The number of rotatable bonds is 6. The molecule has 7 heteroatoms. The molecule has 0 fully saturated rings. The fourth-order valence-corrected chi connectivity index (χ4v) is 2.44. The molecule has 0 spiro atoms. The first-order chi connectivity index (χ1) is 12.6. The SMILES string of the molecule is CCC(=O)Oc1c(O)cccc1OCCn1ncc2ccccc2c1=O. The second-order valence-electron chi connectivity index (χ2n) is 5.54. The van der Waals surface area contributed by atoms with Crippen molar-refractivity contribution >= 4 is 16.7 Å². The van der Waals surface area contributed by atoms with Gasteiger partial charge in [-0.15, -0.1) is 0 Å². The quantitative estimate of drug-likeness (QED) is 0.540. The third-order valence-electron chi connectivity index (χ3n) is 3.79. The van der Waals surface area contributed by atoms with Crippen LogP contribution in [0.2, 0.25) is 0 Å². The average molecular weight is 354 g/mol. The number of benzene rings is 2. The molecule has 0 saturated heterocycles. The van der Waals surface area contributed by atoms with E-state index in [2.05, 4.69) is 5.10 Å². The first-order valence-electron chi connectivity index (χ1n) is 8.20. The van der Waals surface area contributed by atoms with Crippen molar-refractivity contribution in [2.75, 3.05) is 6.61 Å². The van der Waals surface area contributed by atoms with E-state index in [1.165, 1.54) is 10.7 Å². The predicted molar refractivity (Wildman–Crippen MR) is 95.5 cm³/mol. The molecule has 0 bridgehead atoms. The number of carbonyl (C=O) groups excluding carboxylic acids is 1. The van der Waals surface area contributed by atoms with Gasteiger partial charge in [0.25, 0.3) is 5.56 Å². The maximum Gasteiger partial charge on any atom is 0.311 e. The summed E-state index contributed by atoms with van der Waals surface area (Å²) in [6.45, 7) is 1.98. The van der Waals surface area contributed by atoms with E-state index in [1.807, 2.05) is 12.1 Å². The molecular formula is C19H18N2O5. The summed E-state index contributed by atoms with van der Waals surface area (Å²) in [4.78, 5) is 23.9. The van der Waals surface area contributed by atoms with Gasteiger partial charge in [-0.1, -0.05) is 31.2 Å². The number of esters is 1. The van der Waals surface area contributed by atoms with E-state index in [0.717, 1.165) is 5.39 Å². The van der Waals surface area contributed by atoms with Crippen LogP contribution in [0.25, 0.3) is 10.8 Å². The molecule has 0 amide bonds. The molecule has 26 heavy (non-hydrogen) atoms. The topological polar surface area (TPSA) is 90.7 Å². The van der Waals surface area contributed by atoms with E-state index in [9.17, 15) is 14.7 Å². The highest BCUT2D eigenvalue weighted by atomic mass is 16.6. The standard InChI is InChI=1S/C19H18N2O5/c1-2-17(23)26-18-15(22)8-5-9-16(18)25-11-10-21-19(24)14-7-4-3-6-13(14)12-20-21/h3-9,12,22H,2,10-11H2,1H3. The van der Waals surface area contributed by atoms with Gasteiger partial charge in [-0.25, -0.2) is 4.68 Å². The number of phenols is 1. The number of hydrogen-bond donors (Lipinski definition) is 1. The Morgan fingerprint density at radius 1 is 1.19 bits per heavy atom. The minimum absolute atomic E-state index is 0.0295. The van der Waals surface area contributed by atoms with Crippen molar-refractivity contribution in [2.24, 2.45) is 0 Å². The highest BCUT2D eigenvalue weighted by molar-refractivity contribution is 5.80. The third kappa shape index (κ3) is 3.66. The maximum absolute atomic E-state index is 12.4. The molecular weight excluding hydrogens is 336 g/mol. The van der Waals surface area contributed by atoms with Crippen molar-refractivity contribution in [2.45, 2.75) is 19.9 Å². The van der Waals surface area contributed by atoms with Crippen molar-refractivity contribution in [3.05, 3.63) is 59.0 Å². The Labute approximate surface area is 149 Å². The number of hydrogen-bond acceptors (Lipinski definition) is 6. The third-order valence-corrected chi connectivity index (χ3v) is 3.79. The molecule has 0 aliphatic heterocycles. The van der Waals surface area contributed by atoms with Crippen LogP contribution in [-0.2, 0) is 11.3 Å². The van der Waals surface area contributed by atoms with E-state index in [4.69, 9.17) is 9.47 Å². The molecule has 0 unspecified atom stereocenters. The van der Waals surface area contributed by atoms with Gasteiger partial charge in [0.2, 0.25) is 5.75 Å². The van der Waals surface area contributed by atoms with E-state index < -0.39 is 5.97 Å². The lowest BCUT2D eigenvalue weighted by molar-refractivity contribution is -0.134. The van der Waals surface area contributed by atoms with Crippen LogP contribution in [-0.4, -0.2) is 27.5 Å². The van der Waals surface area contributed by atoms with Crippen molar-refractivity contribution in [3.63, 3.8) is 0 Å². The second-order valence-corrected chi connectivity index (χ2v) is 5.54. The van der Waals surface area contributed by atoms with Gasteiger partial charge in [-0.3, -0.25) is 9.59 Å². The van der Waals surface area contributed by atoms with Gasteiger partial charge >= 0.3 is 5.97 Å². The summed E-state index contributed by atoms with van der Waals surface area (Å²) in [5.74, 6) is -0.479. The number of para-hydroxylation sites is 1. The Bertz CT molecular complexity index is 997. The zero-order valence-electron chi connectivity index (χ0n) is 14.2. The number of aromatic nitrogens is 2. The number of fused-ring (bicyclic) bond motifs is 1. The van der Waals surface area contributed by atoms with Crippen LogP contribution in [0, 0.1) is 0 Å². The smallest absolute Gasteiger partial charge is 0.311 e. The van der Waals surface area contributed by atoms with E-state index in [1.54, 1.807) is 37.4 Å². The van der Waals surface area contributed by atoms with Crippen LogP contribution < -0.4 is 15.0 Å². The number of carbonyl (C=O) groups is 1. The largest absolute Gasteiger partial charge is 0.504 e. The Morgan fingerprint density at radius 2 is 2.00 bits per heavy atom. The normalized spacial score (nSPS) is 10.7. The molecule has 2 aromatic carbocycles. The van der Waals surface area contributed by atoms with Crippen LogP contribution >= 0.6 is 0 Å². The van der Waals surface area contributed by atoms with Gasteiger partial charge < -0.3 is 14.6 Å². The highest BCUT2D eigenvalue weighted by Crippen LogP contribution is 2.36. The molecule has 0 aliphatic carbocycles. The number of phenolic OH excluding ortho intramolecular Hbond substituents is 1. The number of ether oxygens (including phenoxy) is 2. The lowest BCUT2D eigenvalue weighted by Crippen LogP contribution is -2.25. The Kier molecular flexibility index (Phi) is 5.17. The monoisotopic (exact) mass is 354 g/mol. The molecule has 7 nitrogen and oxygen atoms in total. The van der Waals surface area contributed by atoms with Gasteiger partial charge in [0.15, 0.2) is 11.5 Å². The zero-order chi connectivity index (χ0) is 18.5. The van der Waals surface area contributed by atoms with Crippen LogP contribution in [0.5, 0.6) is 17.2 Å². The van der Waals surface area contributed by atoms with Crippen molar-refractivity contribution in [3.8, 4) is 17.2 Å². The van der Waals surface area contributed by atoms with Crippen molar-refractivity contribution < 1.29 is 19.4 Å². The fourth-order valence-electron chi connectivity index (χ4n) is 2.44. The van der Waals surface area contributed by atoms with Crippen molar-refractivity contribution in [1.82, 2.24) is 9.78 Å². The molecule has 0 aliphatic rings. The molecule has 0 atom stereocenters. The lowest BCUT2D eigenvalue weighted by Gasteiger charge is -2.13. The lowest BCUT2D eigenvalue weighted by atomic mass is 10.2. The van der Waals surface area contributed by atoms with Crippen LogP contribution in [0.15, 0.2) is 53.5 Å². The molecule has 3 rings (SSSR count). The predicted octanol–water partition coefficient (Wildman–Crippen LogP) is 2.50. The molecule has 1 heterocycles. The van der Waals surface area contributed by atoms with Gasteiger partial charge in [0, 0.05) is 11.8 Å². The van der Waals surface area contributed by atoms with Crippen molar-refractivity contribution in [1.29, 1.82) is 0 Å². The maximum atomic E-state index is 12.4. The van der Waals surface area contributed by atoms with Crippen LogP contribution in [0.4, 0.5) is 0 Å². The molecule has 134 valence electrons. The number of aromatic hydroxyl groups is 1. The Hall–Kier alpha value is -3.35. The first-order valence-corrected chi connectivity index (χ1v) is 8.20. The van der Waals surface area contributed by atoms with Gasteiger partial charge in [-0.2, -0.15) is 5.10 Å².